The number of aliphatic hydroxyl groups is 4. The van der Waals surface area contributed by atoms with Crippen LogP contribution in [0.4, 0.5) is 4.79 Å². The molecule has 6 aliphatic carbocycles. The van der Waals surface area contributed by atoms with Gasteiger partial charge in [0.2, 0.25) is 0 Å². The average Bonchev–Trinajstić information content (AvgIpc) is 4.03. The number of benzene rings is 2. The van der Waals surface area contributed by atoms with Gasteiger partial charge in [0, 0.05) is 36.3 Å². The van der Waals surface area contributed by atoms with Gasteiger partial charge in [-0.15, -0.1) is 0 Å². The smallest absolute Gasteiger partial charge is 0.483 e. The van der Waals surface area contributed by atoms with Crippen molar-refractivity contribution in [3.05, 3.63) is 46.5 Å². The van der Waals surface area contributed by atoms with E-state index in [1.54, 1.807) is 12.1 Å². The van der Waals surface area contributed by atoms with Crippen LogP contribution in [-0.4, -0.2) is 111 Å². The molecule has 3 heterocycles. The van der Waals surface area contributed by atoms with E-state index in [4.69, 9.17) is 18.9 Å². The fraction of sp³-hybridized carbons (Fsp3) is 0.675. The zero-order valence-electron chi connectivity index (χ0n) is 29.1. The lowest BCUT2D eigenvalue weighted by Gasteiger charge is -2.63. The van der Waals surface area contributed by atoms with Crippen molar-refractivity contribution < 1.29 is 44.2 Å². The first-order valence-corrected chi connectivity index (χ1v) is 19.4. The fourth-order valence-corrected chi connectivity index (χ4v) is 12.1. The Balaban J connectivity index is 0.903. The lowest BCUT2D eigenvalue weighted by atomic mass is 9.48. The standard InChI is InChI=1S/C40H48N2O9/c1-41(18-20-2-3-20)28-16-22-6-8-26(34-30(22)32-33(50-34)24(43)10-12-39(28,32)46)48-37(45)49-27-9-7-23-17-29-40(47)13-11-25(44)36-38(40,31(23)35(27)51-36)14-15-42(29)19-21-4-5-21/h6-9,20-21,24-25,28-29,32-33,36,43-44,46-47H,2-5,10-19H2,1H3/t24-,25-,28+,29?,32?,33-,36-,38-,39+,40+/m0/s1. The van der Waals surface area contributed by atoms with Gasteiger partial charge in [-0.05, 0) is 119 Å². The molecule has 10 atom stereocenters. The van der Waals surface area contributed by atoms with Crippen LogP contribution in [0.1, 0.15) is 86.0 Å². The highest BCUT2D eigenvalue weighted by atomic mass is 16.7. The third kappa shape index (κ3) is 4.25. The molecule has 9 aliphatic rings. The maximum absolute atomic E-state index is 13.6. The number of ether oxygens (including phenoxy) is 4. The minimum Gasteiger partial charge on any atom is -0.483 e. The van der Waals surface area contributed by atoms with Crippen LogP contribution in [0.5, 0.6) is 23.0 Å². The van der Waals surface area contributed by atoms with E-state index in [-0.39, 0.29) is 23.6 Å². The third-order valence-electron chi connectivity index (χ3n) is 14.8. The summed E-state index contributed by atoms with van der Waals surface area (Å²) in [5, 5.41) is 47.4. The van der Waals surface area contributed by atoms with Crippen LogP contribution in [-0.2, 0) is 18.3 Å². The molecule has 11 heteroatoms. The molecular weight excluding hydrogens is 652 g/mol. The van der Waals surface area contributed by atoms with E-state index in [0.29, 0.717) is 68.3 Å². The summed E-state index contributed by atoms with van der Waals surface area (Å²) in [6.45, 7) is 2.77. The molecule has 1 saturated heterocycles. The van der Waals surface area contributed by atoms with Crippen molar-refractivity contribution in [3.63, 3.8) is 0 Å². The van der Waals surface area contributed by atoms with Gasteiger partial charge in [0.1, 0.15) is 12.2 Å². The lowest BCUT2D eigenvalue weighted by Crippen LogP contribution is -2.77. The number of carbonyl (C=O) groups is 1. The number of likely N-dealkylation sites (tertiary alicyclic amines) is 1. The summed E-state index contributed by atoms with van der Waals surface area (Å²) in [6, 6.07) is 7.25. The SMILES string of the molecule is CN(CC1CC1)[C@@H]1Cc2ccc(OC(=O)Oc3ccc4c5c3O[C@H]3[C@@H](O)CC[C@@]6(O)C(C4)N(CC4CC4)CC[C@]536)c3c2C2[C@@H](O3)[C@@H](O)CC[C@]21O. The molecule has 2 aromatic rings. The van der Waals surface area contributed by atoms with Crippen LogP contribution in [0, 0.1) is 11.8 Å². The fourth-order valence-electron chi connectivity index (χ4n) is 12.1. The molecule has 2 aromatic carbocycles. The number of carbonyl (C=O) groups excluding carboxylic acids is 1. The first-order chi connectivity index (χ1) is 24.6. The molecule has 2 bridgehead atoms. The van der Waals surface area contributed by atoms with E-state index in [9.17, 15) is 25.2 Å². The number of piperidine rings is 1. The molecule has 4 N–H and O–H groups in total. The number of hydrogen-bond acceptors (Lipinski definition) is 11. The number of aliphatic hydroxyl groups excluding tert-OH is 2. The number of likely N-dealkylation sites (N-methyl/N-ethyl adjacent to an activating group) is 1. The largest absolute Gasteiger partial charge is 0.519 e. The summed E-state index contributed by atoms with van der Waals surface area (Å²) in [5.74, 6) is 2.12. The zero-order valence-corrected chi connectivity index (χ0v) is 29.1. The maximum atomic E-state index is 13.6. The van der Waals surface area contributed by atoms with Crippen molar-refractivity contribution in [1.29, 1.82) is 0 Å². The van der Waals surface area contributed by atoms with E-state index in [2.05, 4.69) is 16.8 Å². The normalized spacial score (nSPS) is 41.0. The Labute approximate surface area is 297 Å². The average molecular weight is 701 g/mol. The van der Waals surface area contributed by atoms with Crippen molar-refractivity contribution in [2.45, 2.75) is 130 Å². The molecule has 4 saturated carbocycles. The highest BCUT2D eigenvalue weighted by Gasteiger charge is 2.73. The van der Waals surface area contributed by atoms with Gasteiger partial charge in [0.15, 0.2) is 23.0 Å². The highest BCUT2D eigenvalue weighted by molar-refractivity contribution is 5.73. The van der Waals surface area contributed by atoms with Crippen LogP contribution >= 0.6 is 0 Å². The van der Waals surface area contributed by atoms with Crippen LogP contribution in [0.3, 0.4) is 0 Å². The molecular formula is C40H48N2O9. The molecule has 0 aromatic heterocycles. The summed E-state index contributed by atoms with van der Waals surface area (Å²) >= 11 is 0. The zero-order chi connectivity index (χ0) is 34.6. The second kappa shape index (κ2) is 10.6. The molecule has 11 rings (SSSR count). The minimum absolute atomic E-state index is 0.0497. The Morgan fingerprint density at radius 3 is 2.37 bits per heavy atom. The van der Waals surface area contributed by atoms with Gasteiger partial charge in [-0.2, -0.15) is 0 Å². The Kier molecular flexibility index (Phi) is 6.57. The van der Waals surface area contributed by atoms with Gasteiger partial charge in [-0.3, -0.25) is 9.80 Å². The summed E-state index contributed by atoms with van der Waals surface area (Å²) in [5.41, 5.74) is 0.886. The van der Waals surface area contributed by atoms with Crippen molar-refractivity contribution in [3.8, 4) is 23.0 Å². The molecule has 2 unspecified atom stereocenters. The monoisotopic (exact) mass is 700 g/mol. The van der Waals surface area contributed by atoms with Crippen LogP contribution in [0.25, 0.3) is 0 Å². The maximum Gasteiger partial charge on any atom is 0.519 e. The number of rotatable bonds is 7. The Morgan fingerprint density at radius 2 is 1.61 bits per heavy atom. The number of hydrogen-bond donors (Lipinski definition) is 4. The Bertz CT molecular complexity index is 1830. The summed E-state index contributed by atoms with van der Waals surface area (Å²) in [4.78, 5) is 18.4. The van der Waals surface area contributed by atoms with Crippen molar-refractivity contribution >= 4 is 6.16 Å². The van der Waals surface area contributed by atoms with Gasteiger partial charge in [-0.1, -0.05) is 12.1 Å². The van der Waals surface area contributed by atoms with Crippen molar-refractivity contribution in [1.82, 2.24) is 9.80 Å². The van der Waals surface area contributed by atoms with Crippen molar-refractivity contribution in [2.75, 3.05) is 26.7 Å². The molecule has 3 aliphatic heterocycles. The predicted octanol–water partition coefficient (Wildman–Crippen LogP) is 3.19. The lowest BCUT2D eigenvalue weighted by molar-refractivity contribution is -0.208. The Morgan fingerprint density at radius 1 is 0.882 bits per heavy atom. The van der Waals surface area contributed by atoms with E-state index >= 15 is 0 Å². The summed E-state index contributed by atoms with van der Waals surface area (Å²) < 4.78 is 24.8. The van der Waals surface area contributed by atoms with Gasteiger partial charge in [0.05, 0.1) is 34.7 Å². The predicted molar refractivity (Wildman–Crippen MR) is 182 cm³/mol. The second-order valence-electron chi connectivity index (χ2n) is 17.6. The Hall–Kier alpha value is -2.93. The molecule has 51 heavy (non-hydrogen) atoms. The minimum atomic E-state index is -1.08. The molecule has 0 radical (unpaired) electrons. The second-order valence-corrected chi connectivity index (χ2v) is 17.6. The van der Waals surface area contributed by atoms with Gasteiger partial charge >= 0.3 is 6.16 Å². The van der Waals surface area contributed by atoms with Crippen LogP contribution in [0.2, 0.25) is 0 Å². The molecule has 272 valence electrons. The van der Waals surface area contributed by atoms with E-state index < -0.39 is 53.1 Å². The highest BCUT2D eigenvalue weighted by Crippen LogP contribution is 2.66. The van der Waals surface area contributed by atoms with E-state index in [0.717, 1.165) is 41.9 Å². The molecule has 11 nitrogen and oxygen atoms in total. The van der Waals surface area contributed by atoms with Gasteiger partial charge in [0.25, 0.3) is 0 Å². The first-order valence-electron chi connectivity index (χ1n) is 19.4. The quantitative estimate of drug-likeness (QED) is 0.250. The summed E-state index contributed by atoms with van der Waals surface area (Å²) in [7, 11) is 2.10. The molecule has 1 spiro atoms. The van der Waals surface area contributed by atoms with Gasteiger partial charge < -0.3 is 39.4 Å². The number of nitrogens with zero attached hydrogens (tertiary/aromatic N) is 2. The van der Waals surface area contributed by atoms with Crippen molar-refractivity contribution in [2.24, 2.45) is 11.8 Å². The van der Waals surface area contributed by atoms with Gasteiger partial charge in [-0.25, -0.2) is 4.79 Å². The van der Waals surface area contributed by atoms with E-state index in [1.807, 2.05) is 12.1 Å². The first kappa shape index (κ1) is 31.6. The molecule has 0 amide bonds. The molecule has 5 fully saturated rings. The third-order valence-corrected chi connectivity index (χ3v) is 14.8. The summed E-state index contributed by atoms with van der Waals surface area (Å²) in [6.07, 6.45) is 5.04. The van der Waals surface area contributed by atoms with E-state index in [1.165, 1.54) is 25.7 Å². The van der Waals surface area contributed by atoms with Crippen LogP contribution in [0.15, 0.2) is 24.3 Å². The topological polar surface area (TPSA) is 141 Å². The van der Waals surface area contributed by atoms with Crippen LogP contribution < -0.4 is 18.9 Å².